The first kappa shape index (κ1) is 10.5. The summed E-state index contributed by atoms with van der Waals surface area (Å²) in [5, 5.41) is 18.7. The number of nitrogens with zero attached hydrogens (tertiary/aromatic N) is 4. The molecule has 0 saturated heterocycles. The maximum absolute atomic E-state index is 10.8. The van der Waals surface area contributed by atoms with Crippen LogP contribution in [0.4, 0.5) is 5.69 Å². The predicted molar refractivity (Wildman–Crippen MR) is 58.3 cm³/mol. The van der Waals surface area contributed by atoms with E-state index >= 15 is 0 Å². The van der Waals surface area contributed by atoms with Gasteiger partial charge in [0.15, 0.2) is 0 Å². The fourth-order valence-electron chi connectivity index (χ4n) is 1.58. The van der Waals surface area contributed by atoms with Crippen molar-refractivity contribution in [2.24, 2.45) is 0 Å². The maximum Gasteiger partial charge on any atom is 0.314 e. The molecule has 0 fully saturated rings. The van der Waals surface area contributed by atoms with E-state index in [0.717, 1.165) is 12.2 Å². The first-order valence-corrected chi connectivity index (χ1v) is 5.13. The highest BCUT2D eigenvalue weighted by Crippen LogP contribution is 2.22. The third-order valence-corrected chi connectivity index (χ3v) is 2.69. The molecule has 0 aliphatic carbocycles. The zero-order chi connectivity index (χ0) is 11.7. The molecule has 6 nitrogen and oxygen atoms in total. The van der Waals surface area contributed by atoms with Crippen LogP contribution in [-0.2, 0) is 0 Å². The fraction of sp³-hybridized carbons (Fsp3) is 0.400. The second-order valence-corrected chi connectivity index (χ2v) is 3.71. The van der Waals surface area contributed by atoms with Crippen molar-refractivity contribution in [2.45, 2.75) is 26.2 Å². The fourth-order valence-corrected chi connectivity index (χ4v) is 1.58. The van der Waals surface area contributed by atoms with Crippen molar-refractivity contribution < 1.29 is 4.92 Å². The van der Waals surface area contributed by atoms with Gasteiger partial charge in [0.1, 0.15) is 5.82 Å². The molecule has 0 N–H and O–H groups in total. The standard InChI is InChI=1S/C10H12N4O2/c1-3-7(2)9-11-12-10-8(14(15)16)5-4-6-13(9)10/h4-7H,3H2,1-2H3. The molecule has 2 aromatic heterocycles. The smallest absolute Gasteiger partial charge is 0.280 e. The van der Waals surface area contributed by atoms with Gasteiger partial charge >= 0.3 is 5.69 Å². The number of rotatable bonds is 3. The van der Waals surface area contributed by atoms with Gasteiger partial charge in [-0.1, -0.05) is 13.8 Å². The lowest BCUT2D eigenvalue weighted by Crippen LogP contribution is -2.00. The zero-order valence-electron chi connectivity index (χ0n) is 9.12. The van der Waals surface area contributed by atoms with Crippen molar-refractivity contribution in [1.29, 1.82) is 0 Å². The molecule has 0 aliphatic heterocycles. The van der Waals surface area contributed by atoms with Gasteiger partial charge in [0.05, 0.1) is 4.92 Å². The summed E-state index contributed by atoms with van der Waals surface area (Å²) < 4.78 is 1.69. The number of hydrogen-bond donors (Lipinski definition) is 0. The van der Waals surface area contributed by atoms with Gasteiger partial charge in [0, 0.05) is 18.2 Å². The van der Waals surface area contributed by atoms with E-state index in [1.165, 1.54) is 6.07 Å². The SMILES string of the molecule is CCC(C)c1nnc2c([N+](=O)[O-])cccn12. The Morgan fingerprint density at radius 2 is 2.31 bits per heavy atom. The highest BCUT2D eigenvalue weighted by atomic mass is 16.6. The molecule has 0 radical (unpaired) electrons. The Balaban J connectivity index is 2.66. The van der Waals surface area contributed by atoms with Gasteiger partial charge in [0.2, 0.25) is 5.65 Å². The monoisotopic (exact) mass is 220 g/mol. The topological polar surface area (TPSA) is 73.3 Å². The molecule has 0 aliphatic rings. The first-order chi connectivity index (χ1) is 7.65. The Kier molecular flexibility index (Phi) is 2.55. The Labute approximate surface area is 92.1 Å². The molecule has 1 unspecified atom stereocenters. The van der Waals surface area contributed by atoms with E-state index in [1.807, 2.05) is 13.8 Å². The molecule has 6 heteroatoms. The van der Waals surface area contributed by atoms with Crippen molar-refractivity contribution in [1.82, 2.24) is 14.6 Å². The Bertz CT molecular complexity index is 535. The average molecular weight is 220 g/mol. The molecule has 0 bridgehead atoms. The summed E-state index contributed by atoms with van der Waals surface area (Å²) in [6.07, 6.45) is 2.67. The van der Waals surface area contributed by atoms with Crippen LogP contribution in [0.1, 0.15) is 32.0 Å². The van der Waals surface area contributed by atoms with E-state index < -0.39 is 4.92 Å². The first-order valence-electron chi connectivity index (χ1n) is 5.13. The number of pyridine rings is 1. The molecular formula is C10H12N4O2. The lowest BCUT2D eigenvalue weighted by molar-refractivity contribution is -0.383. The summed E-state index contributed by atoms with van der Waals surface area (Å²) in [6, 6.07) is 3.07. The molecule has 84 valence electrons. The number of hydrogen-bond acceptors (Lipinski definition) is 4. The van der Waals surface area contributed by atoms with Gasteiger partial charge in [-0.3, -0.25) is 14.5 Å². The minimum absolute atomic E-state index is 0.00967. The Morgan fingerprint density at radius 3 is 2.94 bits per heavy atom. The highest BCUT2D eigenvalue weighted by Gasteiger charge is 2.18. The van der Waals surface area contributed by atoms with Crippen molar-refractivity contribution in [3.05, 3.63) is 34.3 Å². The normalized spacial score (nSPS) is 12.9. The summed E-state index contributed by atoms with van der Waals surface area (Å²) in [4.78, 5) is 10.3. The molecule has 1 atom stereocenters. The lowest BCUT2D eigenvalue weighted by atomic mass is 10.1. The average Bonchev–Trinajstić information content (AvgIpc) is 2.71. The van der Waals surface area contributed by atoms with Crippen LogP contribution in [0.5, 0.6) is 0 Å². The summed E-state index contributed by atoms with van der Waals surface area (Å²) in [7, 11) is 0. The molecule has 0 saturated carbocycles. The van der Waals surface area contributed by atoms with Gasteiger partial charge in [-0.15, -0.1) is 10.2 Å². The van der Waals surface area contributed by atoms with E-state index in [2.05, 4.69) is 10.2 Å². The van der Waals surface area contributed by atoms with Gasteiger partial charge in [0.25, 0.3) is 0 Å². The molecule has 2 rings (SSSR count). The van der Waals surface area contributed by atoms with Crippen LogP contribution in [0.15, 0.2) is 18.3 Å². The van der Waals surface area contributed by atoms with Crippen molar-refractivity contribution >= 4 is 11.3 Å². The summed E-state index contributed by atoms with van der Waals surface area (Å²) in [5.41, 5.74) is 0.298. The summed E-state index contributed by atoms with van der Waals surface area (Å²) in [5.74, 6) is 0.998. The van der Waals surface area contributed by atoms with Gasteiger partial charge in [-0.25, -0.2) is 0 Å². The number of aromatic nitrogens is 3. The highest BCUT2D eigenvalue weighted by molar-refractivity contribution is 5.58. The second-order valence-electron chi connectivity index (χ2n) is 3.71. The van der Waals surface area contributed by atoms with Crippen molar-refractivity contribution in [3.63, 3.8) is 0 Å². The van der Waals surface area contributed by atoms with Crippen molar-refractivity contribution in [3.8, 4) is 0 Å². The van der Waals surface area contributed by atoms with Crippen LogP contribution in [-0.4, -0.2) is 19.5 Å². The predicted octanol–water partition coefficient (Wildman–Crippen LogP) is 2.15. The summed E-state index contributed by atoms with van der Waals surface area (Å²) >= 11 is 0. The number of nitro groups is 1. The van der Waals surface area contributed by atoms with Crippen LogP contribution < -0.4 is 0 Å². The Hall–Kier alpha value is -1.98. The third kappa shape index (κ3) is 1.52. The van der Waals surface area contributed by atoms with Crippen LogP contribution in [0.2, 0.25) is 0 Å². The molecule has 0 amide bonds. The maximum atomic E-state index is 10.8. The van der Waals surface area contributed by atoms with Crippen LogP contribution in [0, 0.1) is 10.1 Å². The molecule has 0 aromatic carbocycles. The zero-order valence-corrected chi connectivity index (χ0v) is 9.12. The van der Waals surface area contributed by atoms with E-state index in [-0.39, 0.29) is 11.6 Å². The molecule has 16 heavy (non-hydrogen) atoms. The molecule has 2 aromatic rings. The van der Waals surface area contributed by atoms with Gasteiger partial charge in [-0.05, 0) is 12.5 Å². The third-order valence-electron chi connectivity index (χ3n) is 2.69. The molecule has 0 spiro atoms. The van der Waals surface area contributed by atoms with E-state index in [9.17, 15) is 10.1 Å². The Morgan fingerprint density at radius 1 is 1.56 bits per heavy atom. The van der Waals surface area contributed by atoms with Crippen LogP contribution >= 0.6 is 0 Å². The quantitative estimate of drug-likeness (QED) is 0.586. The van der Waals surface area contributed by atoms with Gasteiger partial charge in [-0.2, -0.15) is 0 Å². The molecular weight excluding hydrogens is 208 g/mol. The van der Waals surface area contributed by atoms with E-state index in [4.69, 9.17) is 0 Å². The number of fused-ring (bicyclic) bond motifs is 1. The second kappa shape index (κ2) is 3.88. The minimum Gasteiger partial charge on any atom is -0.280 e. The lowest BCUT2D eigenvalue weighted by Gasteiger charge is -2.05. The van der Waals surface area contributed by atoms with Crippen LogP contribution in [0.3, 0.4) is 0 Å². The van der Waals surface area contributed by atoms with E-state index in [1.54, 1.807) is 16.7 Å². The van der Waals surface area contributed by atoms with Crippen molar-refractivity contribution in [2.75, 3.05) is 0 Å². The summed E-state index contributed by atoms with van der Waals surface area (Å²) in [6.45, 7) is 4.07. The van der Waals surface area contributed by atoms with E-state index in [0.29, 0.717) is 5.65 Å². The van der Waals surface area contributed by atoms with Crippen LogP contribution in [0.25, 0.3) is 5.65 Å². The van der Waals surface area contributed by atoms with Gasteiger partial charge < -0.3 is 0 Å². The largest absolute Gasteiger partial charge is 0.314 e. The molecule has 2 heterocycles. The minimum atomic E-state index is -0.440.